The number of aromatic hydroxyl groups is 1. The topological polar surface area (TPSA) is 144 Å². The van der Waals surface area contributed by atoms with Crippen molar-refractivity contribution < 1.29 is 14.8 Å². The van der Waals surface area contributed by atoms with E-state index in [-0.39, 0.29) is 28.1 Å². The Labute approximate surface area is 197 Å². The van der Waals surface area contributed by atoms with Crippen molar-refractivity contribution in [3.8, 4) is 5.88 Å². The molecule has 1 amide bonds. The lowest BCUT2D eigenvalue weighted by atomic mass is 9.89. The van der Waals surface area contributed by atoms with E-state index < -0.39 is 22.6 Å². The Bertz CT molecular complexity index is 1400. The second-order valence-corrected chi connectivity index (χ2v) is 7.87. The van der Waals surface area contributed by atoms with Gasteiger partial charge in [0.2, 0.25) is 17.7 Å². The summed E-state index contributed by atoms with van der Waals surface area (Å²) in [4.78, 5) is 31.8. The molecule has 0 aliphatic heterocycles. The summed E-state index contributed by atoms with van der Waals surface area (Å²) in [7, 11) is 0. The molecule has 1 atom stereocenters. The summed E-state index contributed by atoms with van der Waals surface area (Å²) < 4.78 is 0. The number of benzene rings is 3. The number of non-ortho nitro benzene ring substituents is 1. The molecule has 1 aromatic heterocycles. The van der Waals surface area contributed by atoms with E-state index >= 15 is 0 Å². The smallest absolute Gasteiger partial charge is 0.270 e. The van der Waals surface area contributed by atoms with E-state index in [9.17, 15) is 20.0 Å². The molecule has 0 aliphatic rings. The van der Waals surface area contributed by atoms with Crippen LogP contribution in [-0.4, -0.2) is 25.9 Å². The second-order valence-electron chi connectivity index (χ2n) is 7.06. The molecule has 4 rings (SSSR count). The number of amides is 1. The highest BCUT2D eigenvalue weighted by molar-refractivity contribution is 6.42. The van der Waals surface area contributed by atoms with Crippen LogP contribution >= 0.6 is 23.2 Å². The molecule has 166 valence electrons. The molecule has 4 N–H and O–H groups in total. The number of carbonyl (C=O) groups excluding carboxylic acids is 1. The van der Waals surface area contributed by atoms with E-state index in [2.05, 4.69) is 15.3 Å². The zero-order valence-corrected chi connectivity index (χ0v) is 18.2. The Balaban J connectivity index is 1.94. The maximum atomic E-state index is 12.5. The predicted octanol–water partition coefficient (Wildman–Crippen LogP) is 4.91. The number of aromatic nitrogens is 2. The first-order chi connectivity index (χ1) is 15.7. The fourth-order valence-electron chi connectivity index (χ4n) is 3.45. The number of nitrogens with two attached hydrogens (primary N) is 1. The molecule has 0 saturated heterocycles. The van der Waals surface area contributed by atoms with Crippen molar-refractivity contribution in [2.24, 2.45) is 5.73 Å². The van der Waals surface area contributed by atoms with Crippen LogP contribution in [0.2, 0.25) is 10.0 Å². The lowest BCUT2D eigenvalue weighted by molar-refractivity contribution is -0.384. The Morgan fingerprint density at radius 1 is 1.06 bits per heavy atom. The van der Waals surface area contributed by atoms with Gasteiger partial charge in [-0.1, -0.05) is 53.5 Å². The van der Waals surface area contributed by atoms with Gasteiger partial charge < -0.3 is 16.2 Å². The molecule has 0 aliphatic carbocycles. The summed E-state index contributed by atoms with van der Waals surface area (Å²) in [6, 6.07) is 15.7. The molecule has 11 heteroatoms. The van der Waals surface area contributed by atoms with Crippen LogP contribution in [0.15, 0.2) is 60.7 Å². The van der Waals surface area contributed by atoms with Crippen molar-refractivity contribution in [1.82, 2.24) is 9.97 Å². The van der Waals surface area contributed by atoms with E-state index in [1.165, 1.54) is 6.07 Å². The summed E-state index contributed by atoms with van der Waals surface area (Å²) in [5, 5.41) is 25.7. The number of primary amides is 1. The predicted molar refractivity (Wildman–Crippen MR) is 125 cm³/mol. The number of halogens is 2. The number of nitrogens with one attached hydrogen (secondary N) is 1. The van der Waals surface area contributed by atoms with Crippen LogP contribution in [0.25, 0.3) is 10.9 Å². The number of anilines is 2. The number of nitro benzene ring substituents is 1. The Kier molecular flexibility index (Phi) is 5.99. The first kappa shape index (κ1) is 22.3. The summed E-state index contributed by atoms with van der Waals surface area (Å²) in [5.74, 6) is -2.32. The van der Waals surface area contributed by atoms with Gasteiger partial charge in [-0.25, -0.2) is 4.98 Å². The van der Waals surface area contributed by atoms with Crippen LogP contribution in [0.5, 0.6) is 5.88 Å². The zero-order valence-electron chi connectivity index (χ0n) is 16.7. The molecule has 1 unspecified atom stereocenters. The fourth-order valence-corrected chi connectivity index (χ4v) is 3.75. The van der Waals surface area contributed by atoms with Gasteiger partial charge in [0.05, 0.1) is 31.8 Å². The SMILES string of the molecule is NC(=O)C(c1ccccc1)c1cc([N+](=O)[O-])cc2c(O)nc(Nc3ccc(Cl)c(Cl)c3)nc12. The third kappa shape index (κ3) is 4.50. The van der Waals surface area contributed by atoms with Gasteiger partial charge in [-0.2, -0.15) is 4.98 Å². The minimum atomic E-state index is -1.05. The van der Waals surface area contributed by atoms with Gasteiger partial charge in [0.15, 0.2) is 0 Å². The molecular formula is C22H15Cl2N5O4. The zero-order chi connectivity index (χ0) is 23.7. The highest BCUT2D eigenvalue weighted by atomic mass is 35.5. The lowest BCUT2D eigenvalue weighted by Gasteiger charge is -2.17. The molecule has 0 bridgehead atoms. The maximum absolute atomic E-state index is 12.5. The minimum Gasteiger partial charge on any atom is -0.493 e. The number of nitro groups is 1. The quantitative estimate of drug-likeness (QED) is 0.260. The standard InChI is InChI=1S/C22H15Cl2N5O4/c23-16-7-6-12(8-17(16)24)26-22-27-19-14(18(20(25)30)11-4-2-1-3-5-11)9-13(29(32)33)10-15(19)21(31)28-22/h1-10,18H,(H2,25,30)(H2,26,27,28,31). The van der Waals surface area contributed by atoms with Crippen LogP contribution in [0.1, 0.15) is 17.0 Å². The minimum absolute atomic E-state index is 0.000990. The molecular weight excluding hydrogens is 469 g/mol. The van der Waals surface area contributed by atoms with Crippen molar-refractivity contribution in [2.45, 2.75) is 5.92 Å². The van der Waals surface area contributed by atoms with E-state index in [0.29, 0.717) is 21.3 Å². The van der Waals surface area contributed by atoms with Gasteiger partial charge in [-0.3, -0.25) is 14.9 Å². The van der Waals surface area contributed by atoms with Gasteiger partial charge in [0.1, 0.15) is 0 Å². The van der Waals surface area contributed by atoms with E-state index in [4.69, 9.17) is 28.9 Å². The van der Waals surface area contributed by atoms with Crippen LogP contribution in [0.3, 0.4) is 0 Å². The Morgan fingerprint density at radius 3 is 2.42 bits per heavy atom. The van der Waals surface area contributed by atoms with E-state index in [1.54, 1.807) is 48.5 Å². The van der Waals surface area contributed by atoms with Gasteiger partial charge >= 0.3 is 0 Å². The summed E-state index contributed by atoms with van der Waals surface area (Å²) >= 11 is 12.0. The highest BCUT2D eigenvalue weighted by Gasteiger charge is 2.27. The number of rotatable bonds is 6. The van der Waals surface area contributed by atoms with Crippen LogP contribution < -0.4 is 11.1 Å². The van der Waals surface area contributed by atoms with Gasteiger partial charge in [-0.15, -0.1) is 0 Å². The van der Waals surface area contributed by atoms with Crippen LogP contribution in [0, 0.1) is 10.1 Å². The molecule has 0 fully saturated rings. The monoisotopic (exact) mass is 483 g/mol. The van der Waals surface area contributed by atoms with Crippen molar-refractivity contribution in [2.75, 3.05) is 5.32 Å². The second kappa shape index (κ2) is 8.89. The molecule has 9 nitrogen and oxygen atoms in total. The van der Waals surface area contributed by atoms with Gasteiger partial charge in [0.25, 0.3) is 5.69 Å². The van der Waals surface area contributed by atoms with Crippen LogP contribution in [0.4, 0.5) is 17.3 Å². The third-order valence-corrected chi connectivity index (χ3v) is 5.65. The first-order valence-corrected chi connectivity index (χ1v) is 10.3. The molecule has 3 aromatic carbocycles. The molecule has 0 saturated carbocycles. The first-order valence-electron chi connectivity index (χ1n) is 9.50. The van der Waals surface area contributed by atoms with Gasteiger partial charge in [0, 0.05) is 23.4 Å². The molecule has 33 heavy (non-hydrogen) atoms. The lowest BCUT2D eigenvalue weighted by Crippen LogP contribution is -2.23. The average Bonchev–Trinajstić information content (AvgIpc) is 2.77. The van der Waals surface area contributed by atoms with Crippen molar-refractivity contribution in [1.29, 1.82) is 0 Å². The summed E-state index contributed by atoms with van der Waals surface area (Å²) in [6.07, 6.45) is 0. The summed E-state index contributed by atoms with van der Waals surface area (Å²) in [5.41, 5.74) is 6.64. The number of hydrogen-bond acceptors (Lipinski definition) is 7. The average molecular weight is 484 g/mol. The number of hydrogen-bond donors (Lipinski definition) is 3. The molecule has 0 radical (unpaired) electrons. The maximum Gasteiger partial charge on any atom is 0.270 e. The normalized spacial score (nSPS) is 11.8. The van der Waals surface area contributed by atoms with Crippen molar-refractivity contribution in [3.63, 3.8) is 0 Å². The van der Waals surface area contributed by atoms with E-state index in [0.717, 1.165) is 6.07 Å². The number of nitrogens with zero attached hydrogens (tertiary/aromatic N) is 3. The largest absolute Gasteiger partial charge is 0.493 e. The molecule has 0 spiro atoms. The van der Waals surface area contributed by atoms with Crippen molar-refractivity contribution >= 4 is 57.3 Å². The fraction of sp³-hybridized carbons (Fsp3) is 0.0455. The van der Waals surface area contributed by atoms with Gasteiger partial charge in [-0.05, 0) is 23.8 Å². The van der Waals surface area contributed by atoms with Crippen LogP contribution in [-0.2, 0) is 4.79 Å². The third-order valence-electron chi connectivity index (χ3n) is 4.91. The number of carbonyl (C=O) groups is 1. The molecule has 1 heterocycles. The van der Waals surface area contributed by atoms with E-state index in [1.807, 2.05) is 0 Å². The Hall–Kier alpha value is -3.95. The Morgan fingerprint density at radius 2 is 1.79 bits per heavy atom. The highest BCUT2D eigenvalue weighted by Crippen LogP contribution is 2.37. The molecule has 4 aromatic rings. The van der Waals surface area contributed by atoms with Crippen molar-refractivity contribution in [3.05, 3.63) is 92.0 Å². The number of fused-ring (bicyclic) bond motifs is 1. The summed E-state index contributed by atoms with van der Waals surface area (Å²) in [6.45, 7) is 0.